The van der Waals surface area contributed by atoms with Gasteiger partial charge in [0.1, 0.15) is 5.01 Å². The van der Waals surface area contributed by atoms with Crippen LogP contribution in [-0.2, 0) is 0 Å². The van der Waals surface area contributed by atoms with Crippen LogP contribution in [0.3, 0.4) is 0 Å². The molecule has 0 bridgehead atoms. The molecule has 18 heavy (non-hydrogen) atoms. The van der Waals surface area contributed by atoms with Gasteiger partial charge in [-0.25, -0.2) is 4.98 Å². The zero-order valence-corrected chi connectivity index (χ0v) is 11.6. The molecular formula is C15H18N2S. The Kier molecular flexibility index (Phi) is 2.96. The highest BCUT2D eigenvalue weighted by Crippen LogP contribution is 2.43. The van der Waals surface area contributed by atoms with Gasteiger partial charge in [0, 0.05) is 4.88 Å². The van der Waals surface area contributed by atoms with Crippen molar-refractivity contribution in [3.05, 3.63) is 51.0 Å². The lowest BCUT2D eigenvalue weighted by atomic mass is 9.98. The molecule has 1 aromatic carbocycles. The number of aromatic nitrogens is 1. The van der Waals surface area contributed by atoms with Crippen LogP contribution in [0.4, 0.5) is 0 Å². The highest BCUT2D eigenvalue weighted by molar-refractivity contribution is 7.11. The summed E-state index contributed by atoms with van der Waals surface area (Å²) in [6, 6.07) is 8.50. The van der Waals surface area contributed by atoms with Crippen LogP contribution in [0.15, 0.2) is 24.3 Å². The number of aryl methyl sites for hydroxylation is 2. The van der Waals surface area contributed by atoms with Gasteiger partial charge in [0.05, 0.1) is 11.7 Å². The Bertz CT molecular complexity index is 550. The number of thiazole rings is 1. The standard InChI is InChI=1S/C15H18N2S/c1-9-10(2)18-15(17-9)14(16)13-6-4-3-5-12(13)11-7-8-11/h3-6,11,14H,7-8,16H2,1-2H3. The van der Waals surface area contributed by atoms with E-state index in [1.165, 1.54) is 28.8 Å². The van der Waals surface area contributed by atoms with Crippen molar-refractivity contribution in [2.24, 2.45) is 5.73 Å². The number of nitrogens with two attached hydrogens (primary N) is 1. The largest absolute Gasteiger partial charge is 0.318 e. The number of hydrogen-bond acceptors (Lipinski definition) is 3. The zero-order valence-electron chi connectivity index (χ0n) is 10.8. The highest BCUT2D eigenvalue weighted by atomic mass is 32.1. The Hall–Kier alpha value is -1.19. The Morgan fingerprint density at radius 3 is 2.61 bits per heavy atom. The second-order valence-electron chi connectivity index (χ2n) is 5.07. The van der Waals surface area contributed by atoms with Crippen LogP contribution in [0, 0.1) is 13.8 Å². The molecule has 1 aliphatic rings. The van der Waals surface area contributed by atoms with Gasteiger partial charge in [-0.15, -0.1) is 11.3 Å². The third-order valence-corrected chi connectivity index (χ3v) is 4.82. The van der Waals surface area contributed by atoms with E-state index in [1.807, 2.05) is 0 Å². The SMILES string of the molecule is Cc1nc(C(N)c2ccccc2C2CC2)sc1C. The molecule has 3 heteroatoms. The monoisotopic (exact) mass is 258 g/mol. The fraction of sp³-hybridized carbons (Fsp3) is 0.400. The molecule has 94 valence electrons. The molecule has 1 saturated carbocycles. The molecule has 1 atom stereocenters. The average molecular weight is 258 g/mol. The molecule has 0 aliphatic heterocycles. The summed E-state index contributed by atoms with van der Waals surface area (Å²) < 4.78 is 0. The summed E-state index contributed by atoms with van der Waals surface area (Å²) in [6.45, 7) is 4.16. The molecule has 0 radical (unpaired) electrons. The number of nitrogens with zero attached hydrogens (tertiary/aromatic N) is 1. The quantitative estimate of drug-likeness (QED) is 0.912. The molecule has 0 saturated heterocycles. The van der Waals surface area contributed by atoms with Gasteiger partial charge < -0.3 is 5.73 Å². The number of hydrogen-bond donors (Lipinski definition) is 1. The Labute approximate surface area is 112 Å². The zero-order chi connectivity index (χ0) is 12.7. The summed E-state index contributed by atoms with van der Waals surface area (Å²) in [7, 11) is 0. The molecule has 1 heterocycles. The van der Waals surface area contributed by atoms with E-state index in [2.05, 4.69) is 43.1 Å². The second-order valence-corrected chi connectivity index (χ2v) is 6.31. The van der Waals surface area contributed by atoms with Crippen molar-refractivity contribution in [2.45, 2.75) is 38.6 Å². The topological polar surface area (TPSA) is 38.9 Å². The van der Waals surface area contributed by atoms with Crippen LogP contribution in [0.1, 0.15) is 51.5 Å². The summed E-state index contributed by atoms with van der Waals surface area (Å²) in [6.07, 6.45) is 2.61. The lowest BCUT2D eigenvalue weighted by molar-refractivity contribution is 0.831. The lowest BCUT2D eigenvalue weighted by Crippen LogP contribution is -2.13. The molecular weight excluding hydrogens is 240 g/mol. The van der Waals surface area contributed by atoms with Crippen molar-refractivity contribution in [3.63, 3.8) is 0 Å². The van der Waals surface area contributed by atoms with Gasteiger partial charge in [0.2, 0.25) is 0 Å². The van der Waals surface area contributed by atoms with E-state index in [1.54, 1.807) is 11.3 Å². The molecule has 2 nitrogen and oxygen atoms in total. The molecule has 0 amide bonds. The summed E-state index contributed by atoms with van der Waals surface area (Å²) in [5.41, 5.74) is 10.2. The first-order valence-corrected chi connectivity index (χ1v) is 7.27. The van der Waals surface area contributed by atoms with Crippen LogP contribution in [-0.4, -0.2) is 4.98 Å². The predicted octanol–water partition coefficient (Wildman–Crippen LogP) is 3.69. The molecule has 1 aromatic heterocycles. The van der Waals surface area contributed by atoms with E-state index in [0.29, 0.717) is 0 Å². The second kappa shape index (κ2) is 4.48. The third kappa shape index (κ3) is 2.08. The molecule has 2 aromatic rings. The first-order valence-electron chi connectivity index (χ1n) is 6.45. The van der Waals surface area contributed by atoms with Crippen LogP contribution < -0.4 is 5.73 Å². The van der Waals surface area contributed by atoms with Gasteiger partial charge in [-0.2, -0.15) is 0 Å². The van der Waals surface area contributed by atoms with Crippen molar-refractivity contribution in [1.82, 2.24) is 4.98 Å². The van der Waals surface area contributed by atoms with Crippen molar-refractivity contribution < 1.29 is 0 Å². The van der Waals surface area contributed by atoms with Gasteiger partial charge in [0.25, 0.3) is 0 Å². The third-order valence-electron chi connectivity index (χ3n) is 3.66. The molecule has 1 unspecified atom stereocenters. The summed E-state index contributed by atoms with van der Waals surface area (Å²) in [4.78, 5) is 5.87. The molecule has 2 N–H and O–H groups in total. The summed E-state index contributed by atoms with van der Waals surface area (Å²) in [5, 5.41) is 1.04. The van der Waals surface area contributed by atoms with E-state index >= 15 is 0 Å². The molecule has 3 rings (SSSR count). The highest BCUT2D eigenvalue weighted by Gasteiger charge is 2.28. The maximum Gasteiger partial charge on any atom is 0.114 e. The summed E-state index contributed by atoms with van der Waals surface area (Å²) in [5.74, 6) is 0.731. The fourth-order valence-electron chi connectivity index (χ4n) is 2.32. The van der Waals surface area contributed by atoms with Gasteiger partial charge in [-0.1, -0.05) is 24.3 Å². The Morgan fingerprint density at radius 1 is 1.28 bits per heavy atom. The first kappa shape index (κ1) is 11.9. The average Bonchev–Trinajstić information content (AvgIpc) is 3.16. The molecule has 1 fully saturated rings. The van der Waals surface area contributed by atoms with Gasteiger partial charge in [0.15, 0.2) is 0 Å². The van der Waals surface area contributed by atoms with Crippen molar-refractivity contribution in [2.75, 3.05) is 0 Å². The Morgan fingerprint density at radius 2 is 2.00 bits per heavy atom. The minimum atomic E-state index is -0.0702. The minimum Gasteiger partial charge on any atom is -0.318 e. The predicted molar refractivity (Wildman–Crippen MR) is 76.0 cm³/mol. The van der Waals surface area contributed by atoms with Gasteiger partial charge in [-0.05, 0) is 43.7 Å². The van der Waals surface area contributed by atoms with Crippen LogP contribution in [0.5, 0.6) is 0 Å². The smallest absolute Gasteiger partial charge is 0.114 e. The Balaban J connectivity index is 1.98. The lowest BCUT2D eigenvalue weighted by Gasteiger charge is -2.14. The normalized spacial score (nSPS) is 16.8. The van der Waals surface area contributed by atoms with E-state index in [9.17, 15) is 0 Å². The minimum absolute atomic E-state index is 0.0702. The van der Waals surface area contributed by atoms with E-state index in [0.717, 1.165) is 16.6 Å². The van der Waals surface area contributed by atoms with E-state index in [4.69, 9.17) is 5.73 Å². The van der Waals surface area contributed by atoms with Crippen molar-refractivity contribution in [1.29, 1.82) is 0 Å². The number of benzene rings is 1. The van der Waals surface area contributed by atoms with Crippen LogP contribution in [0.25, 0.3) is 0 Å². The maximum atomic E-state index is 6.41. The van der Waals surface area contributed by atoms with Crippen LogP contribution >= 0.6 is 11.3 Å². The van der Waals surface area contributed by atoms with Crippen molar-refractivity contribution in [3.8, 4) is 0 Å². The van der Waals surface area contributed by atoms with Gasteiger partial charge in [-0.3, -0.25) is 0 Å². The van der Waals surface area contributed by atoms with Crippen LogP contribution in [0.2, 0.25) is 0 Å². The molecule has 0 spiro atoms. The summed E-state index contributed by atoms with van der Waals surface area (Å²) >= 11 is 1.72. The molecule has 1 aliphatic carbocycles. The first-order chi connectivity index (χ1) is 8.66. The van der Waals surface area contributed by atoms with Gasteiger partial charge >= 0.3 is 0 Å². The van der Waals surface area contributed by atoms with E-state index in [-0.39, 0.29) is 6.04 Å². The van der Waals surface area contributed by atoms with E-state index < -0.39 is 0 Å². The van der Waals surface area contributed by atoms with Crippen molar-refractivity contribution >= 4 is 11.3 Å². The maximum absolute atomic E-state index is 6.41. The number of rotatable bonds is 3. The fourth-order valence-corrected chi connectivity index (χ4v) is 3.27.